The molecule has 0 spiro atoms. The maximum atomic E-state index is 4.75. The van der Waals surface area contributed by atoms with Crippen LogP contribution in [0.1, 0.15) is 24.3 Å². The summed E-state index contributed by atoms with van der Waals surface area (Å²) in [5.74, 6) is 1.55. The van der Waals surface area contributed by atoms with Crippen molar-refractivity contribution >= 4 is 16.9 Å². The van der Waals surface area contributed by atoms with E-state index in [1.807, 2.05) is 17.9 Å². The van der Waals surface area contributed by atoms with Crippen molar-refractivity contribution in [2.45, 2.75) is 18.8 Å². The molecule has 0 unspecified atom stereocenters. The van der Waals surface area contributed by atoms with E-state index in [2.05, 4.69) is 39.0 Å². The first-order chi connectivity index (χ1) is 10.8. The Morgan fingerprint density at radius 1 is 1.23 bits per heavy atom. The molecule has 1 saturated heterocycles. The van der Waals surface area contributed by atoms with Crippen molar-refractivity contribution in [3.8, 4) is 0 Å². The number of fused-ring (bicyclic) bond motifs is 1. The molecule has 1 fully saturated rings. The number of hydrogen-bond acceptors (Lipinski definition) is 5. The molecule has 0 aromatic carbocycles. The molecule has 0 radical (unpaired) electrons. The maximum Gasteiger partial charge on any atom is 0.182 e. The lowest BCUT2D eigenvalue weighted by Crippen LogP contribution is -2.34. The molecular weight excluding hydrogens is 276 g/mol. The zero-order valence-electron chi connectivity index (χ0n) is 12.9. The predicted molar refractivity (Wildman–Crippen MR) is 87.8 cm³/mol. The van der Waals surface area contributed by atoms with E-state index >= 15 is 0 Å². The van der Waals surface area contributed by atoms with Crippen LogP contribution in [0.4, 0.5) is 5.82 Å². The number of hydrogen-bond donors (Lipinski definition) is 2. The summed E-state index contributed by atoms with van der Waals surface area (Å²) in [6.45, 7) is 3.89. The average Bonchev–Trinajstić information content (AvgIpc) is 2.93. The van der Waals surface area contributed by atoms with E-state index < -0.39 is 0 Å². The minimum absolute atomic E-state index is 0.619. The molecule has 2 N–H and O–H groups in total. The van der Waals surface area contributed by atoms with Crippen LogP contribution in [-0.2, 0) is 7.05 Å². The summed E-state index contributed by atoms with van der Waals surface area (Å²) in [5.41, 5.74) is 3.44. The van der Waals surface area contributed by atoms with E-state index in [0.29, 0.717) is 5.92 Å². The second-order valence-electron chi connectivity index (χ2n) is 6.07. The molecule has 6 nitrogen and oxygen atoms in total. The van der Waals surface area contributed by atoms with Gasteiger partial charge in [0.25, 0.3) is 0 Å². The normalized spacial score (nSPS) is 20.0. The number of aryl methyl sites for hydroxylation is 1. The first-order valence-corrected chi connectivity index (χ1v) is 8.00. The monoisotopic (exact) mass is 298 g/mol. The maximum absolute atomic E-state index is 4.75. The quantitative estimate of drug-likeness (QED) is 0.875. The van der Waals surface area contributed by atoms with Gasteiger partial charge in [0.15, 0.2) is 5.82 Å². The van der Waals surface area contributed by atoms with Crippen molar-refractivity contribution in [3.63, 3.8) is 0 Å². The highest BCUT2D eigenvalue weighted by Gasteiger charge is 2.20. The largest absolute Gasteiger partial charge is 0.317 e. The van der Waals surface area contributed by atoms with E-state index in [0.717, 1.165) is 43.2 Å². The molecular formula is C16H22N6. The van der Waals surface area contributed by atoms with Gasteiger partial charge in [0.2, 0.25) is 0 Å². The third kappa shape index (κ3) is 2.38. The number of nitrogens with zero attached hydrogens (tertiary/aromatic N) is 4. The van der Waals surface area contributed by atoms with Crippen LogP contribution in [0.3, 0.4) is 0 Å². The van der Waals surface area contributed by atoms with E-state index in [-0.39, 0.29) is 0 Å². The van der Waals surface area contributed by atoms with Gasteiger partial charge in [0.1, 0.15) is 5.52 Å². The fourth-order valence-corrected chi connectivity index (χ4v) is 3.35. The van der Waals surface area contributed by atoms with E-state index in [4.69, 9.17) is 4.98 Å². The van der Waals surface area contributed by atoms with Crippen molar-refractivity contribution in [2.24, 2.45) is 7.05 Å². The van der Waals surface area contributed by atoms with Gasteiger partial charge in [0.05, 0.1) is 12.2 Å². The Morgan fingerprint density at radius 3 is 2.86 bits per heavy atom. The highest BCUT2D eigenvalue weighted by Crippen LogP contribution is 2.30. The topological polar surface area (TPSA) is 58.0 Å². The van der Waals surface area contributed by atoms with Gasteiger partial charge in [-0.3, -0.25) is 15.0 Å². The number of piperidine rings is 1. The summed E-state index contributed by atoms with van der Waals surface area (Å²) in [4.78, 5) is 6.86. The number of anilines is 1. The minimum Gasteiger partial charge on any atom is -0.317 e. The van der Waals surface area contributed by atoms with Crippen molar-refractivity contribution in [3.05, 3.63) is 30.1 Å². The summed E-state index contributed by atoms with van der Waals surface area (Å²) in [6, 6.07) is 2.27. The van der Waals surface area contributed by atoms with Crippen molar-refractivity contribution in [1.82, 2.24) is 25.4 Å². The molecule has 4 rings (SSSR count). The first-order valence-electron chi connectivity index (χ1n) is 8.00. The molecule has 22 heavy (non-hydrogen) atoms. The third-order valence-electron chi connectivity index (χ3n) is 4.61. The Morgan fingerprint density at radius 2 is 2.09 bits per heavy atom. The Hall–Kier alpha value is -1.92. The Labute approximate surface area is 130 Å². The van der Waals surface area contributed by atoms with Crippen LogP contribution >= 0.6 is 0 Å². The van der Waals surface area contributed by atoms with Gasteiger partial charge in [0, 0.05) is 26.0 Å². The molecule has 2 aromatic heterocycles. The van der Waals surface area contributed by atoms with Crippen LogP contribution in [0.15, 0.2) is 24.5 Å². The van der Waals surface area contributed by atoms with Gasteiger partial charge in [-0.05, 0) is 43.5 Å². The van der Waals surface area contributed by atoms with Crippen molar-refractivity contribution in [2.75, 3.05) is 31.2 Å². The van der Waals surface area contributed by atoms with E-state index in [1.165, 1.54) is 18.4 Å². The minimum atomic E-state index is 0.619. The summed E-state index contributed by atoms with van der Waals surface area (Å²) < 4.78 is 1.95. The van der Waals surface area contributed by atoms with Crippen LogP contribution in [0.2, 0.25) is 0 Å². The molecule has 2 aliphatic rings. The first kappa shape index (κ1) is 13.7. The molecule has 0 bridgehead atoms. The van der Waals surface area contributed by atoms with Crippen molar-refractivity contribution in [1.29, 1.82) is 0 Å². The molecule has 2 aliphatic heterocycles. The highest BCUT2D eigenvalue weighted by molar-refractivity contribution is 5.87. The van der Waals surface area contributed by atoms with Gasteiger partial charge in [-0.1, -0.05) is 6.08 Å². The zero-order chi connectivity index (χ0) is 14.9. The smallest absolute Gasteiger partial charge is 0.182 e. The van der Waals surface area contributed by atoms with Crippen LogP contribution < -0.4 is 15.5 Å². The lowest BCUT2D eigenvalue weighted by Gasteiger charge is -2.23. The van der Waals surface area contributed by atoms with E-state index in [1.54, 1.807) is 0 Å². The van der Waals surface area contributed by atoms with Gasteiger partial charge in [-0.25, -0.2) is 0 Å². The number of aromatic nitrogens is 3. The standard InChI is InChI=1S/C16H22N6/c1-21-14-9-13(12-3-6-17-7-4-12)10-19-15(14)16(20-21)22-8-2-5-18-11-22/h2,8-10,12,17-18H,3-7,11H2,1H3. The molecule has 0 amide bonds. The zero-order valence-corrected chi connectivity index (χ0v) is 12.9. The van der Waals surface area contributed by atoms with Crippen LogP contribution in [0.25, 0.3) is 11.0 Å². The van der Waals surface area contributed by atoms with Crippen LogP contribution in [0.5, 0.6) is 0 Å². The molecule has 6 heteroatoms. The number of pyridine rings is 1. The molecule has 0 atom stereocenters. The third-order valence-corrected chi connectivity index (χ3v) is 4.61. The second-order valence-corrected chi connectivity index (χ2v) is 6.07. The second kappa shape index (κ2) is 5.70. The van der Waals surface area contributed by atoms with Gasteiger partial charge in [-0.2, -0.15) is 5.10 Å². The van der Waals surface area contributed by atoms with Gasteiger partial charge < -0.3 is 10.2 Å². The molecule has 0 aliphatic carbocycles. The summed E-state index contributed by atoms with van der Waals surface area (Å²) in [6.07, 6.45) is 8.62. The van der Waals surface area contributed by atoms with Crippen LogP contribution in [0, 0.1) is 0 Å². The van der Waals surface area contributed by atoms with Gasteiger partial charge >= 0.3 is 0 Å². The molecule has 2 aromatic rings. The Bertz CT molecular complexity index is 698. The fourth-order valence-electron chi connectivity index (χ4n) is 3.35. The summed E-state index contributed by atoms with van der Waals surface area (Å²) in [5, 5.41) is 11.4. The Kier molecular flexibility index (Phi) is 3.56. The summed E-state index contributed by atoms with van der Waals surface area (Å²) in [7, 11) is 2.00. The highest BCUT2D eigenvalue weighted by atomic mass is 15.4. The van der Waals surface area contributed by atoms with Gasteiger partial charge in [-0.15, -0.1) is 0 Å². The predicted octanol–water partition coefficient (Wildman–Crippen LogP) is 1.32. The fraction of sp³-hybridized carbons (Fsp3) is 0.500. The lowest BCUT2D eigenvalue weighted by atomic mass is 9.91. The number of nitrogens with one attached hydrogen (secondary N) is 2. The lowest BCUT2D eigenvalue weighted by molar-refractivity contribution is 0.460. The average molecular weight is 298 g/mol. The Balaban J connectivity index is 1.72. The summed E-state index contributed by atoms with van der Waals surface area (Å²) >= 11 is 0. The molecule has 4 heterocycles. The number of rotatable bonds is 2. The molecule has 0 saturated carbocycles. The molecule has 116 valence electrons. The van der Waals surface area contributed by atoms with Crippen molar-refractivity contribution < 1.29 is 0 Å². The van der Waals surface area contributed by atoms with Crippen LogP contribution in [-0.4, -0.2) is 41.1 Å². The SMILES string of the molecule is Cn1nc(N2C=CCNC2)c2ncc(C3CCNCC3)cc21. The van der Waals surface area contributed by atoms with E-state index in [9.17, 15) is 0 Å².